The zero-order valence-corrected chi connectivity index (χ0v) is 22.1. The van der Waals surface area contributed by atoms with Crippen LogP contribution in [0.15, 0.2) is 30.3 Å². The Kier molecular flexibility index (Phi) is 9.93. The van der Waals surface area contributed by atoms with Crippen molar-refractivity contribution in [3.63, 3.8) is 0 Å². The van der Waals surface area contributed by atoms with Gasteiger partial charge >= 0.3 is 0 Å². The lowest BCUT2D eigenvalue weighted by molar-refractivity contribution is 0.0118. The molecule has 2 aromatic rings. The van der Waals surface area contributed by atoms with Crippen LogP contribution in [0.4, 0.5) is 13.2 Å². The largest absolute Gasteiger partial charge is 0.373 e. The average molecular weight is 501 g/mol. The van der Waals surface area contributed by atoms with Gasteiger partial charge in [0.15, 0.2) is 11.6 Å². The van der Waals surface area contributed by atoms with Crippen LogP contribution >= 0.6 is 0 Å². The Labute approximate surface area is 215 Å². The van der Waals surface area contributed by atoms with Gasteiger partial charge in [0.25, 0.3) is 0 Å². The quantitative estimate of drug-likeness (QED) is 0.315. The summed E-state index contributed by atoms with van der Waals surface area (Å²) in [6.45, 7) is 4.43. The molecule has 2 saturated carbocycles. The molecule has 0 spiro atoms. The zero-order valence-electron chi connectivity index (χ0n) is 22.1. The van der Waals surface area contributed by atoms with E-state index in [-0.39, 0.29) is 24.4 Å². The van der Waals surface area contributed by atoms with Crippen LogP contribution in [0.25, 0.3) is 0 Å². The molecule has 2 aromatic carbocycles. The van der Waals surface area contributed by atoms with E-state index in [4.69, 9.17) is 4.74 Å². The molecule has 2 aliphatic carbocycles. The summed E-state index contributed by atoms with van der Waals surface area (Å²) in [6, 6.07) is 9.25. The molecule has 0 aliphatic heterocycles. The van der Waals surface area contributed by atoms with E-state index < -0.39 is 11.6 Å². The molecular formula is C32H43F3O. The lowest BCUT2D eigenvalue weighted by Crippen LogP contribution is -2.21. The Hall–Kier alpha value is -1.81. The molecule has 0 bridgehead atoms. The van der Waals surface area contributed by atoms with Gasteiger partial charge in [0.1, 0.15) is 5.82 Å². The number of aryl methyl sites for hydroxylation is 1. The van der Waals surface area contributed by atoms with Gasteiger partial charge in [-0.15, -0.1) is 0 Å². The lowest BCUT2D eigenvalue weighted by Gasteiger charge is -2.30. The van der Waals surface area contributed by atoms with Crippen LogP contribution in [0.2, 0.25) is 0 Å². The highest BCUT2D eigenvalue weighted by Gasteiger charge is 2.27. The second-order valence-corrected chi connectivity index (χ2v) is 11.2. The molecule has 0 N–H and O–H groups in total. The number of benzene rings is 2. The molecule has 0 radical (unpaired) electrons. The van der Waals surface area contributed by atoms with E-state index in [1.54, 1.807) is 18.2 Å². The van der Waals surface area contributed by atoms with Gasteiger partial charge in [0, 0.05) is 5.56 Å². The minimum atomic E-state index is -0.740. The van der Waals surface area contributed by atoms with E-state index in [0.717, 1.165) is 87.7 Å². The van der Waals surface area contributed by atoms with Crippen LogP contribution < -0.4 is 0 Å². The zero-order chi connectivity index (χ0) is 25.5. The fourth-order valence-electron chi connectivity index (χ4n) is 6.36. The lowest BCUT2D eigenvalue weighted by atomic mass is 9.77. The third kappa shape index (κ3) is 6.73. The Balaban J connectivity index is 1.27. The number of halogens is 3. The number of hydrogen-bond donors (Lipinski definition) is 0. The SMILES string of the molecule is CCCCc1ccc(C2CCC(OCc3ccc(C4CCC(CCC)CC4)c(F)c3F)CC2)cc1F. The molecule has 198 valence electrons. The summed E-state index contributed by atoms with van der Waals surface area (Å²) in [4.78, 5) is 0. The minimum absolute atomic E-state index is 0.0332. The van der Waals surface area contributed by atoms with Crippen LogP contribution in [0.1, 0.15) is 125 Å². The fraction of sp³-hybridized carbons (Fsp3) is 0.625. The summed E-state index contributed by atoms with van der Waals surface area (Å²) in [6.07, 6.45) is 13.0. The standard InChI is InChI=1S/C32H43F3O/c1-3-5-7-25-12-13-26(20-30(25)33)23-14-17-28(18-15-23)36-21-27-16-19-29(32(35)31(27)34)24-10-8-22(6-4-2)9-11-24/h12-13,16,19-20,22-24,28H,3-11,14-15,17-18,21H2,1-2H3. The van der Waals surface area contributed by atoms with Gasteiger partial charge in [0.2, 0.25) is 0 Å². The summed E-state index contributed by atoms with van der Waals surface area (Å²) in [5, 5.41) is 0. The van der Waals surface area contributed by atoms with Gasteiger partial charge in [0.05, 0.1) is 12.7 Å². The molecule has 2 aliphatic rings. The van der Waals surface area contributed by atoms with Crippen molar-refractivity contribution in [2.75, 3.05) is 0 Å². The van der Waals surface area contributed by atoms with E-state index >= 15 is 0 Å². The van der Waals surface area contributed by atoms with Crippen molar-refractivity contribution < 1.29 is 17.9 Å². The first kappa shape index (κ1) is 27.2. The molecule has 1 nitrogen and oxygen atoms in total. The van der Waals surface area contributed by atoms with E-state index in [1.807, 2.05) is 6.07 Å². The van der Waals surface area contributed by atoms with Gasteiger partial charge in [-0.1, -0.05) is 57.4 Å². The van der Waals surface area contributed by atoms with E-state index in [1.165, 1.54) is 12.8 Å². The van der Waals surface area contributed by atoms with Gasteiger partial charge < -0.3 is 4.74 Å². The molecule has 4 rings (SSSR count). The second-order valence-electron chi connectivity index (χ2n) is 11.2. The molecule has 0 unspecified atom stereocenters. The Morgan fingerprint density at radius 2 is 1.44 bits per heavy atom. The molecule has 2 fully saturated rings. The second kappa shape index (κ2) is 13.1. The first-order chi connectivity index (χ1) is 17.5. The maximum absolute atomic E-state index is 15.0. The summed E-state index contributed by atoms with van der Waals surface area (Å²) in [5.74, 6) is -0.303. The molecular weight excluding hydrogens is 457 g/mol. The molecule has 0 amide bonds. The Morgan fingerprint density at radius 3 is 2.11 bits per heavy atom. The normalized spacial score (nSPS) is 24.7. The van der Waals surface area contributed by atoms with Crippen molar-refractivity contribution in [1.82, 2.24) is 0 Å². The molecule has 0 saturated heterocycles. The summed E-state index contributed by atoms with van der Waals surface area (Å²) >= 11 is 0. The van der Waals surface area contributed by atoms with Crippen LogP contribution in [0.5, 0.6) is 0 Å². The smallest absolute Gasteiger partial charge is 0.164 e. The van der Waals surface area contributed by atoms with Crippen LogP contribution in [0.3, 0.4) is 0 Å². The van der Waals surface area contributed by atoms with E-state index in [2.05, 4.69) is 19.9 Å². The topological polar surface area (TPSA) is 9.23 Å². The van der Waals surface area contributed by atoms with Crippen molar-refractivity contribution >= 4 is 0 Å². The maximum Gasteiger partial charge on any atom is 0.164 e. The molecule has 0 aromatic heterocycles. The predicted molar refractivity (Wildman–Crippen MR) is 141 cm³/mol. The third-order valence-corrected chi connectivity index (χ3v) is 8.67. The molecule has 0 atom stereocenters. The predicted octanol–water partition coefficient (Wildman–Crippen LogP) is 9.76. The van der Waals surface area contributed by atoms with Gasteiger partial charge in [-0.05, 0) is 105 Å². The van der Waals surface area contributed by atoms with Crippen LogP contribution in [-0.4, -0.2) is 6.10 Å². The van der Waals surface area contributed by atoms with E-state index in [9.17, 15) is 13.2 Å². The number of hydrogen-bond acceptors (Lipinski definition) is 1. The third-order valence-electron chi connectivity index (χ3n) is 8.67. The van der Waals surface area contributed by atoms with E-state index in [0.29, 0.717) is 17.0 Å². The minimum Gasteiger partial charge on any atom is -0.373 e. The van der Waals surface area contributed by atoms with Crippen molar-refractivity contribution in [2.24, 2.45) is 5.92 Å². The first-order valence-electron chi connectivity index (χ1n) is 14.4. The first-order valence-corrected chi connectivity index (χ1v) is 14.4. The highest BCUT2D eigenvalue weighted by Crippen LogP contribution is 2.39. The number of rotatable bonds is 10. The van der Waals surface area contributed by atoms with Crippen molar-refractivity contribution in [2.45, 2.75) is 122 Å². The highest BCUT2D eigenvalue weighted by molar-refractivity contribution is 5.30. The maximum atomic E-state index is 15.0. The van der Waals surface area contributed by atoms with Gasteiger partial charge in [-0.25, -0.2) is 13.2 Å². The van der Waals surface area contributed by atoms with Crippen LogP contribution in [0, 0.1) is 23.4 Å². The molecule has 0 heterocycles. The monoisotopic (exact) mass is 500 g/mol. The average Bonchev–Trinajstić information content (AvgIpc) is 2.90. The van der Waals surface area contributed by atoms with Crippen molar-refractivity contribution in [3.8, 4) is 0 Å². The number of ether oxygens (including phenoxy) is 1. The van der Waals surface area contributed by atoms with Gasteiger partial charge in [-0.3, -0.25) is 0 Å². The Bertz CT molecular complexity index is 972. The van der Waals surface area contributed by atoms with Crippen molar-refractivity contribution in [3.05, 3.63) is 70.0 Å². The van der Waals surface area contributed by atoms with Gasteiger partial charge in [-0.2, -0.15) is 0 Å². The van der Waals surface area contributed by atoms with Crippen LogP contribution in [-0.2, 0) is 17.8 Å². The summed E-state index contributed by atoms with van der Waals surface area (Å²) in [7, 11) is 0. The summed E-state index contributed by atoms with van der Waals surface area (Å²) < 4.78 is 50.4. The number of unbranched alkanes of at least 4 members (excludes halogenated alkanes) is 1. The molecule has 36 heavy (non-hydrogen) atoms. The van der Waals surface area contributed by atoms with Crippen molar-refractivity contribution in [1.29, 1.82) is 0 Å². The highest BCUT2D eigenvalue weighted by atomic mass is 19.2. The Morgan fingerprint density at radius 1 is 0.750 bits per heavy atom. The molecule has 4 heteroatoms. The fourth-order valence-corrected chi connectivity index (χ4v) is 6.36. The summed E-state index contributed by atoms with van der Waals surface area (Å²) in [5.41, 5.74) is 2.73.